The van der Waals surface area contributed by atoms with Crippen molar-refractivity contribution in [2.45, 2.75) is 13.3 Å². The number of aromatic nitrogens is 2. The number of halogens is 1. The number of nitrogens with one attached hydrogen (secondary N) is 1. The highest BCUT2D eigenvalue weighted by Crippen LogP contribution is 2.18. The van der Waals surface area contributed by atoms with E-state index in [0.29, 0.717) is 24.6 Å². The molecular weight excluding hydrogens is 259 g/mol. The molecule has 7 heteroatoms. The average molecular weight is 276 g/mol. The summed E-state index contributed by atoms with van der Waals surface area (Å²) in [5, 5.41) is 3.60. The second-order valence-electron chi connectivity index (χ2n) is 4.33. The fourth-order valence-corrected chi connectivity index (χ4v) is 1.76. The minimum atomic E-state index is -0.342. The maximum absolute atomic E-state index is 13.2. The molecule has 1 aromatic heterocycles. The van der Waals surface area contributed by atoms with Crippen LogP contribution in [0.2, 0.25) is 0 Å². The third-order valence-electron chi connectivity index (χ3n) is 2.73. The highest BCUT2D eigenvalue weighted by molar-refractivity contribution is 5.92. The highest BCUT2D eigenvalue weighted by atomic mass is 19.1. The van der Waals surface area contributed by atoms with E-state index in [1.54, 1.807) is 6.07 Å². The summed E-state index contributed by atoms with van der Waals surface area (Å²) in [4.78, 5) is 12.6. The SMILES string of the molecule is Cc1nc(NC(N)=NCCCN)nc2cc(F)ccc12. The Balaban J connectivity index is 2.24. The molecule has 0 amide bonds. The first-order chi connectivity index (χ1) is 9.60. The monoisotopic (exact) mass is 276 g/mol. The van der Waals surface area contributed by atoms with Gasteiger partial charge in [-0.3, -0.25) is 10.3 Å². The molecule has 1 heterocycles. The van der Waals surface area contributed by atoms with Gasteiger partial charge in [0.05, 0.1) is 11.2 Å². The Kier molecular flexibility index (Phi) is 4.41. The molecule has 0 radical (unpaired) electrons. The van der Waals surface area contributed by atoms with Crippen LogP contribution in [0, 0.1) is 12.7 Å². The Morgan fingerprint density at radius 1 is 1.40 bits per heavy atom. The van der Waals surface area contributed by atoms with Gasteiger partial charge in [-0.2, -0.15) is 0 Å². The number of nitrogens with zero attached hydrogens (tertiary/aromatic N) is 3. The van der Waals surface area contributed by atoms with Gasteiger partial charge in [0.1, 0.15) is 5.82 Å². The zero-order valence-corrected chi connectivity index (χ0v) is 11.2. The van der Waals surface area contributed by atoms with Crippen LogP contribution >= 0.6 is 0 Å². The van der Waals surface area contributed by atoms with Crippen LogP contribution in [-0.2, 0) is 0 Å². The lowest BCUT2D eigenvalue weighted by Crippen LogP contribution is -2.24. The second kappa shape index (κ2) is 6.25. The van der Waals surface area contributed by atoms with Gasteiger partial charge in [-0.1, -0.05) is 0 Å². The average Bonchev–Trinajstić information content (AvgIpc) is 2.38. The van der Waals surface area contributed by atoms with Crippen LogP contribution in [0.3, 0.4) is 0 Å². The number of hydrogen-bond acceptors (Lipinski definition) is 4. The summed E-state index contributed by atoms with van der Waals surface area (Å²) in [5.74, 6) is 0.175. The summed E-state index contributed by atoms with van der Waals surface area (Å²) in [6.07, 6.45) is 0.755. The van der Waals surface area contributed by atoms with Crippen molar-refractivity contribution in [3.05, 3.63) is 29.7 Å². The Hall–Kier alpha value is -2.28. The molecule has 0 saturated heterocycles. The van der Waals surface area contributed by atoms with Gasteiger partial charge in [0, 0.05) is 18.0 Å². The van der Waals surface area contributed by atoms with Crippen molar-refractivity contribution < 1.29 is 4.39 Å². The molecule has 106 valence electrons. The fraction of sp³-hybridized carbons (Fsp3) is 0.308. The van der Waals surface area contributed by atoms with Crippen molar-refractivity contribution >= 4 is 22.8 Å². The zero-order valence-electron chi connectivity index (χ0n) is 11.2. The van der Waals surface area contributed by atoms with Gasteiger partial charge >= 0.3 is 0 Å². The van der Waals surface area contributed by atoms with Crippen molar-refractivity contribution in [2.75, 3.05) is 18.4 Å². The molecule has 20 heavy (non-hydrogen) atoms. The first-order valence-electron chi connectivity index (χ1n) is 6.31. The number of rotatable bonds is 4. The van der Waals surface area contributed by atoms with Gasteiger partial charge in [-0.05, 0) is 32.0 Å². The van der Waals surface area contributed by atoms with Crippen LogP contribution in [0.15, 0.2) is 23.2 Å². The molecule has 0 bridgehead atoms. The molecule has 0 aliphatic rings. The molecule has 2 aromatic rings. The summed E-state index contributed by atoms with van der Waals surface area (Å²) in [7, 11) is 0. The number of guanidine groups is 1. The van der Waals surface area contributed by atoms with Crippen molar-refractivity contribution in [3.63, 3.8) is 0 Å². The highest BCUT2D eigenvalue weighted by Gasteiger charge is 2.06. The van der Waals surface area contributed by atoms with Crippen LogP contribution in [-0.4, -0.2) is 29.0 Å². The lowest BCUT2D eigenvalue weighted by Gasteiger charge is -2.07. The lowest BCUT2D eigenvalue weighted by molar-refractivity contribution is 0.629. The van der Waals surface area contributed by atoms with Gasteiger partial charge in [-0.25, -0.2) is 14.4 Å². The first kappa shape index (κ1) is 14.1. The second-order valence-corrected chi connectivity index (χ2v) is 4.33. The Morgan fingerprint density at radius 3 is 2.95 bits per heavy atom. The lowest BCUT2D eigenvalue weighted by atomic mass is 10.2. The van der Waals surface area contributed by atoms with E-state index in [-0.39, 0.29) is 11.8 Å². The normalized spacial score (nSPS) is 11.8. The quantitative estimate of drug-likeness (QED) is 0.441. The van der Waals surface area contributed by atoms with Crippen molar-refractivity contribution in [2.24, 2.45) is 16.5 Å². The predicted molar refractivity (Wildman–Crippen MR) is 78.0 cm³/mol. The third-order valence-corrected chi connectivity index (χ3v) is 2.73. The van der Waals surface area contributed by atoms with Crippen LogP contribution in [0.5, 0.6) is 0 Å². The van der Waals surface area contributed by atoms with Crippen LogP contribution in [0.4, 0.5) is 10.3 Å². The number of anilines is 1. The minimum absolute atomic E-state index is 0.216. The first-order valence-corrected chi connectivity index (χ1v) is 6.31. The van der Waals surface area contributed by atoms with Gasteiger partial charge in [0.25, 0.3) is 0 Å². The molecule has 2 rings (SSSR count). The van der Waals surface area contributed by atoms with Gasteiger partial charge in [-0.15, -0.1) is 0 Å². The van der Waals surface area contributed by atoms with E-state index in [1.165, 1.54) is 12.1 Å². The maximum atomic E-state index is 13.2. The topological polar surface area (TPSA) is 102 Å². The molecule has 0 aliphatic heterocycles. The summed E-state index contributed by atoms with van der Waals surface area (Å²) < 4.78 is 13.2. The van der Waals surface area contributed by atoms with Gasteiger partial charge in [0.2, 0.25) is 5.95 Å². The summed E-state index contributed by atoms with van der Waals surface area (Å²) in [6.45, 7) is 2.92. The maximum Gasteiger partial charge on any atom is 0.230 e. The zero-order chi connectivity index (χ0) is 14.5. The molecule has 6 nitrogen and oxygen atoms in total. The molecule has 0 spiro atoms. The Morgan fingerprint density at radius 2 is 2.20 bits per heavy atom. The number of fused-ring (bicyclic) bond motifs is 1. The Labute approximate surface area is 116 Å². The van der Waals surface area contributed by atoms with Crippen LogP contribution in [0.25, 0.3) is 10.9 Å². The van der Waals surface area contributed by atoms with Crippen molar-refractivity contribution in [1.29, 1.82) is 0 Å². The van der Waals surface area contributed by atoms with Crippen molar-refractivity contribution in [1.82, 2.24) is 9.97 Å². The van der Waals surface area contributed by atoms with E-state index in [9.17, 15) is 4.39 Å². The van der Waals surface area contributed by atoms with Crippen molar-refractivity contribution in [3.8, 4) is 0 Å². The van der Waals surface area contributed by atoms with Gasteiger partial charge < -0.3 is 11.5 Å². The molecule has 5 N–H and O–H groups in total. The molecule has 0 aliphatic carbocycles. The number of nitrogens with two attached hydrogens (primary N) is 2. The number of aliphatic imine (C=N–C) groups is 1. The van der Waals surface area contributed by atoms with E-state index in [1.807, 2.05) is 6.92 Å². The number of hydrogen-bond donors (Lipinski definition) is 3. The van der Waals surface area contributed by atoms with E-state index in [2.05, 4.69) is 20.3 Å². The number of aryl methyl sites for hydroxylation is 1. The molecular formula is C13H17FN6. The van der Waals surface area contributed by atoms with E-state index < -0.39 is 0 Å². The predicted octanol–water partition coefficient (Wildman–Crippen LogP) is 1.15. The minimum Gasteiger partial charge on any atom is -0.370 e. The van der Waals surface area contributed by atoms with Crippen LogP contribution in [0.1, 0.15) is 12.1 Å². The summed E-state index contributed by atoms with van der Waals surface area (Å²) in [6, 6.07) is 4.40. The smallest absolute Gasteiger partial charge is 0.230 e. The number of benzene rings is 1. The van der Waals surface area contributed by atoms with E-state index in [0.717, 1.165) is 17.5 Å². The third kappa shape index (κ3) is 3.39. The molecule has 1 aromatic carbocycles. The molecule has 0 saturated carbocycles. The van der Waals surface area contributed by atoms with E-state index >= 15 is 0 Å². The largest absolute Gasteiger partial charge is 0.370 e. The molecule has 0 atom stereocenters. The van der Waals surface area contributed by atoms with E-state index in [4.69, 9.17) is 11.5 Å². The standard InChI is InChI=1S/C13H17FN6/c1-8-10-4-3-9(14)7-11(10)19-13(18-8)20-12(16)17-6-2-5-15/h3-4,7H,2,5-6,15H2,1H3,(H3,16,17,18,19,20). The van der Waals surface area contributed by atoms with Gasteiger partial charge in [0.15, 0.2) is 5.96 Å². The summed E-state index contributed by atoms with van der Waals surface area (Å²) in [5.41, 5.74) is 12.4. The fourth-order valence-electron chi connectivity index (χ4n) is 1.76. The summed E-state index contributed by atoms with van der Waals surface area (Å²) >= 11 is 0. The molecule has 0 unspecified atom stereocenters. The Bertz CT molecular complexity index is 640. The van der Waals surface area contributed by atoms with Crippen LogP contribution < -0.4 is 16.8 Å². The molecule has 0 fully saturated rings.